The van der Waals surface area contributed by atoms with Gasteiger partial charge in [0.1, 0.15) is 0 Å². The van der Waals surface area contributed by atoms with Crippen LogP contribution in [0.3, 0.4) is 0 Å². The molecule has 0 saturated carbocycles. The number of benzene rings is 1. The van der Waals surface area contributed by atoms with Crippen molar-refractivity contribution in [3.63, 3.8) is 0 Å². The van der Waals surface area contributed by atoms with Crippen LogP contribution in [-0.2, 0) is 0 Å². The highest BCUT2D eigenvalue weighted by atomic mass is 15.6. The molecular formula is C11H16N6. The summed E-state index contributed by atoms with van der Waals surface area (Å²) in [5, 5.41) is 14.7. The maximum Gasteiger partial charge on any atom is 0.247 e. The molecule has 17 heavy (non-hydrogen) atoms. The molecule has 1 heterocycles. The van der Waals surface area contributed by atoms with Crippen molar-refractivity contribution in [2.75, 3.05) is 11.9 Å². The lowest BCUT2D eigenvalue weighted by atomic mass is 10.2. The summed E-state index contributed by atoms with van der Waals surface area (Å²) >= 11 is 0. The molecule has 1 unspecified atom stereocenters. The molecule has 0 aliphatic rings. The second-order valence-electron chi connectivity index (χ2n) is 3.80. The number of nitrogens with two attached hydrogens (primary N) is 1. The number of aromatic nitrogens is 4. The molecule has 0 aliphatic heterocycles. The summed E-state index contributed by atoms with van der Waals surface area (Å²) in [4.78, 5) is 0. The Bertz CT molecular complexity index is 452. The highest BCUT2D eigenvalue weighted by Gasteiger charge is 2.08. The van der Waals surface area contributed by atoms with Crippen molar-refractivity contribution >= 4 is 5.95 Å². The zero-order valence-electron chi connectivity index (χ0n) is 9.74. The first-order valence-corrected chi connectivity index (χ1v) is 5.64. The van der Waals surface area contributed by atoms with Crippen molar-refractivity contribution in [2.45, 2.75) is 19.4 Å². The Morgan fingerprint density at radius 3 is 2.82 bits per heavy atom. The summed E-state index contributed by atoms with van der Waals surface area (Å²) in [7, 11) is 0. The van der Waals surface area contributed by atoms with Crippen LogP contribution < -0.4 is 11.1 Å². The summed E-state index contributed by atoms with van der Waals surface area (Å²) in [5.74, 6) is 0.611. The number of tetrazole rings is 1. The van der Waals surface area contributed by atoms with Gasteiger partial charge in [-0.25, -0.2) is 0 Å². The molecule has 2 rings (SSSR count). The lowest BCUT2D eigenvalue weighted by Gasteiger charge is -2.10. The molecule has 0 fully saturated rings. The average Bonchev–Trinajstić information content (AvgIpc) is 2.85. The van der Waals surface area contributed by atoms with Gasteiger partial charge in [-0.1, -0.05) is 30.2 Å². The van der Waals surface area contributed by atoms with Crippen molar-refractivity contribution in [1.82, 2.24) is 20.2 Å². The molecule has 0 bridgehead atoms. The standard InChI is InChI=1S/C11H16N6/c1-2-9(12)8-13-11-14-15-16-17(11)10-6-4-3-5-7-10/h3-7,9H,2,8,12H2,1H3,(H,13,14,16). The molecule has 6 nitrogen and oxygen atoms in total. The molecule has 1 atom stereocenters. The minimum absolute atomic E-state index is 0.107. The second-order valence-corrected chi connectivity index (χ2v) is 3.80. The predicted molar refractivity (Wildman–Crippen MR) is 65.9 cm³/mol. The fourth-order valence-corrected chi connectivity index (χ4v) is 1.41. The van der Waals surface area contributed by atoms with Crippen LogP contribution in [0.2, 0.25) is 0 Å². The number of hydrogen-bond donors (Lipinski definition) is 2. The van der Waals surface area contributed by atoms with Crippen molar-refractivity contribution in [2.24, 2.45) is 5.73 Å². The Morgan fingerprint density at radius 1 is 1.35 bits per heavy atom. The smallest absolute Gasteiger partial charge is 0.247 e. The largest absolute Gasteiger partial charge is 0.351 e. The summed E-state index contributed by atoms with van der Waals surface area (Å²) in [6.45, 7) is 2.70. The van der Waals surface area contributed by atoms with Gasteiger partial charge in [-0.05, 0) is 29.0 Å². The third-order valence-corrected chi connectivity index (χ3v) is 2.52. The van der Waals surface area contributed by atoms with Gasteiger partial charge in [0.2, 0.25) is 5.95 Å². The van der Waals surface area contributed by atoms with Gasteiger partial charge >= 0.3 is 0 Å². The minimum Gasteiger partial charge on any atom is -0.351 e. The number of hydrogen-bond acceptors (Lipinski definition) is 5. The zero-order chi connectivity index (χ0) is 12.1. The van der Waals surface area contributed by atoms with Crippen LogP contribution in [0.15, 0.2) is 30.3 Å². The molecule has 3 N–H and O–H groups in total. The molecule has 6 heteroatoms. The summed E-state index contributed by atoms with van der Waals surface area (Å²) in [6.07, 6.45) is 0.917. The Hall–Kier alpha value is -1.95. The van der Waals surface area contributed by atoms with Gasteiger partial charge in [-0.2, -0.15) is 4.68 Å². The number of nitrogens with zero attached hydrogens (tertiary/aromatic N) is 4. The highest BCUT2D eigenvalue weighted by Crippen LogP contribution is 2.10. The molecule has 2 aromatic rings. The molecule has 0 saturated heterocycles. The molecule has 0 amide bonds. The zero-order valence-corrected chi connectivity index (χ0v) is 9.74. The Kier molecular flexibility index (Phi) is 3.66. The lowest BCUT2D eigenvalue weighted by molar-refractivity contribution is 0.673. The topological polar surface area (TPSA) is 81.7 Å². The van der Waals surface area contributed by atoms with Crippen LogP contribution >= 0.6 is 0 Å². The lowest BCUT2D eigenvalue weighted by Crippen LogP contribution is -2.28. The van der Waals surface area contributed by atoms with Crippen LogP contribution in [-0.4, -0.2) is 32.8 Å². The average molecular weight is 232 g/mol. The van der Waals surface area contributed by atoms with E-state index in [1.54, 1.807) is 4.68 Å². The van der Waals surface area contributed by atoms with Gasteiger partial charge in [0.05, 0.1) is 5.69 Å². The third-order valence-electron chi connectivity index (χ3n) is 2.52. The minimum atomic E-state index is 0.107. The van der Waals surface area contributed by atoms with Gasteiger partial charge in [-0.15, -0.1) is 0 Å². The molecule has 0 aliphatic carbocycles. The van der Waals surface area contributed by atoms with Crippen molar-refractivity contribution in [1.29, 1.82) is 0 Å². The van der Waals surface area contributed by atoms with E-state index in [-0.39, 0.29) is 6.04 Å². The molecule has 90 valence electrons. The van der Waals surface area contributed by atoms with E-state index in [2.05, 4.69) is 20.8 Å². The van der Waals surface area contributed by atoms with Crippen molar-refractivity contribution in [3.8, 4) is 5.69 Å². The number of nitrogens with one attached hydrogen (secondary N) is 1. The number of para-hydroxylation sites is 1. The van der Waals surface area contributed by atoms with E-state index >= 15 is 0 Å². The number of rotatable bonds is 5. The van der Waals surface area contributed by atoms with Crippen molar-refractivity contribution < 1.29 is 0 Å². The van der Waals surface area contributed by atoms with E-state index in [4.69, 9.17) is 5.73 Å². The van der Waals surface area contributed by atoms with Crippen LogP contribution in [0.5, 0.6) is 0 Å². The molecular weight excluding hydrogens is 216 g/mol. The third kappa shape index (κ3) is 2.79. The van der Waals surface area contributed by atoms with E-state index < -0.39 is 0 Å². The van der Waals surface area contributed by atoms with Gasteiger partial charge < -0.3 is 11.1 Å². The summed E-state index contributed by atoms with van der Waals surface area (Å²) < 4.78 is 1.66. The summed E-state index contributed by atoms with van der Waals surface area (Å²) in [6, 6.07) is 9.84. The molecule has 1 aromatic carbocycles. The Labute approximate surface area is 99.8 Å². The van der Waals surface area contributed by atoms with E-state index in [9.17, 15) is 0 Å². The second kappa shape index (κ2) is 5.40. The van der Waals surface area contributed by atoms with Crippen LogP contribution in [0.25, 0.3) is 5.69 Å². The monoisotopic (exact) mass is 232 g/mol. The van der Waals surface area contributed by atoms with Crippen LogP contribution in [0.4, 0.5) is 5.95 Å². The maximum absolute atomic E-state index is 5.84. The first-order valence-electron chi connectivity index (χ1n) is 5.64. The van der Waals surface area contributed by atoms with Crippen molar-refractivity contribution in [3.05, 3.63) is 30.3 Å². The fourth-order valence-electron chi connectivity index (χ4n) is 1.41. The van der Waals surface area contributed by atoms with Gasteiger partial charge in [0, 0.05) is 12.6 Å². The molecule has 0 spiro atoms. The van der Waals surface area contributed by atoms with E-state index in [0.29, 0.717) is 12.5 Å². The summed E-state index contributed by atoms with van der Waals surface area (Å²) in [5.41, 5.74) is 6.76. The van der Waals surface area contributed by atoms with Crippen LogP contribution in [0, 0.1) is 0 Å². The first kappa shape index (κ1) is 11.5. The first-order chi connectivity index (χ1) is 8.31. The van der Waals surface area contributed by atoms with Gasteiger partial charge in [-0.3, -0.25) is 0 Å². The van der Waals surface area contributed by atoms with Gasteiger partial charge in [0.15, 0.2) is 0 Å². The van der Waals surface area contributed by atoms with E-state index in [1.807, 2.05) is 37.3 Å². The predicted octanol–water partition coefficient (Wildman–Crippen LogP) is 0.811. The Morgan fingerprint density at radius 2 is 2.12 bits per heavy atom. The maximum atomic E-state index is 5.84. The molecule has 1 aromatic heterocycles. The van der Waals surface area contributed by atoms with E-state index in [0.717, 1.165) is 12.1 Å². The normalized spacial score (nSPS) is 12.4. The fraction of sp³-hybridized carbons (Fsp3) is 0.364. The Balaban J connectivity index is 2.12. The molecule has 0 radical (unpaired) electrons. The number of anilines is 1. The van der Waals surface area contributed by atoms with E-state index in [1.165, 1.54) is 0 Å². The van der Waals surface area contributed by atoms with Gasteiger partial charge in [0.25, 0.3) is 0 Å². The van der Waals surface area contributed by atoms with Crippen LogP contribution in [0.1, 0.15) is 13.3 Å². The SMILES string of the molecule is CCC(N)CNc1nnnn1-c1ccccc1. The highest BCUT2D eigenvalue weighted by molar-refractivity contribution is 5.38. The quantitative estimate of drug-likeness (QED) is 0.797.